The molecule has 0 atom stereocenters. The molecule has 0 aliphatic carbocycles. The highest BCUT2D eigenvalue weighted by atomic mass is 16.5. The summed E-state index contributed by atoms with van der Waals surface area (Å²) in [4.78, 5) is 23.0. The summed E-state index contributed by atoms with van der Waals surface area (Å²) in [5.74, 6) is 0.401. The molecule has 5 heteroatoms. The molecular formula is C16H24N2O3. The average molecular weight is 292 g/mol. The van der Waals surface area contributed by atoms with Gasteiger partial charge in [-0.15, -0.1) is 0 Å². The summed E-state index contributed by atoms with van der Waals surface area (Å²) < 4.78 is 5.57. The summed E-state index contributed by atoms with van der Waals surface area (Å²) in [5.41, 5.74) is 2.22. The van der Waals surface area contributed by atoms with Crippen LogP contribution < -0.4 is 15.4 Å². The van der Waals surface area contributed by atoms with Crippen LogP contribution in [0.5, 0.6) is 5.75 Å². The van der Waals surface area contributed by atoms with Crippen LogP contribution in [0.25, 0.3) is 0 Å². The van der Waals surface area contributed by atoms with Crippen LogP contribution in [0.15, 0.2) is 18.2 Å². The third-order valence-corrected chi connectivity index (χ3v) is 2.81. The Morgan fingerprint density at radius 2 is 1.90 bits per heavy atom. The van der Waals surface area contributed by atoms with E-state index in [1.54, 1.807) is 0 Å². The molecule has 5 nitrogen and oxygen atoms in total. The lowest BCUT2D eigenvalue weighted by molar-refractivity contribution is -0.126. The molecular weight excluding hydrogens is 268 g/mol. The lowest BCUT2D eigenvalue weighted by atomic mass is 10.1. The van der Waals surface area contributed by atoms with Crippen LogP contribution in [0, 0.1) is 13.8 Å². The van der Waals surface area contributed by atoms with Crippen molar-refractivity contribution in [1.29, 1.82) is 0 Å². The van der Waals surface area contributed by atoms with Crippen molar-refractivity contribution in [2.24, 2.45) is 0 Å². The molecule has 2 amide bonds. The fourth-order valence-corrected chi connectivity index (χ4v) is 1.86. The van der Waals surface area contributed by atoms with Crippen LogP contribution in [-0.4, -0.2) is 31.0 Å². The molecule has 0 spiro atoms. The summed E-state index contributed by atoms with van der Waals surface area (Å²) in [5, 5.41) is 5.27. The highest BCUT2D eigenvalue weighted by Gasteiger charge is 2.07. The minimum atomic E-state index is -0.196. The van der Waals surface area contributed by atoms with Gasteiger partial charge in [0, 0.05) is 6.04 Å². The summed E-state index contributed by atoms with van der Waals surface area (Å²) in [7, 11) is 0. The van der Waals surface area contributed by atoms with Crippen molar-refractivity contribution in [3.05, 3.63) is 29.3 Å². The van der Waals surface area contributed by atoms with Crippen molar-refractivity contribution < 1.29 is 14.3 Å². The quantitative estimate of drug-likeness (QED) is 0.804. The molecule has 1 aromatic carbocycles. The SMILES string of the molecule is Cc1ccc(OCCC(=O)NCC(=O)NC(C)C)c(C)c1. The van der Waals surface area contributed by atoms with Gasteiger partial charge >= 0.3 is 0 Å². The number of carbonyl (C=O) groups excluding carboxylic acids is 2. The Balaban J connectivity index is 2.26. The van der Waals surface area contributed by atoms with Gasteiger partial charge in [-0.2, -0.15) is 0 Å². The van der Waals surface area contributed by atoms with Gasteiger partial charge in [0.2, 0.25) is 11.8 Å². The summed E-state index contributed by atoms with van der Waals surface area (Å²) >= 11 is 0. The molecule has 0 aromatic heterocycles. The zero-order valence-electron chi connectivity index (χ0n) is 13.2. The number of carbonyl (C=O) groups is 2. The molecule has 0 saturated carbocycles. The van der Waals surface area contributed by atoms with Crippen molar-refractivity contribution in [2.75, 3.05) is 13.2 Å². The molecule has 116 valence electrons. The summed E-state index contributed by atoms with van der Waals surface area (Å²) in [6.45, 7) is 8.03. The van der Waals surface area contributed by atoms with Crippen molar-refractivity contribution in [3.63, 3.8) is 0 Å². The first kappa shape index (κ1) is 17.0. The van der Waals surface area contributed by atoms with Crippen LogP contribution in [0.3, 0.4) is 0 Å². The molecule has 0 aliphatic rings. The van der Waals surface area contributed by atoms with Gasteiger partial charge in [0.15, 0.2) is 0 Å². The van der Waals surface area contributed by atoms with Gasteiger partial charge < -0.3 is 15.4 Å². The van der Waals surface area contributed by atoms with Crippen LogP contribution in [-0.2, 0) is 9.59 Å². The van der Waals surface area contributed by atoms with Gasteiger partial charge in [-0.05, 0) is 39.3 Å². The van der Waals surface area contributed by atoms with Crippen LogP contribution in [0.1, 0.15) is 31.4 Å². The Morgan fingerprint density at radius 1 is 1.19 bits per heavy atom. The monoisotopic (exact) mass is 292 g/mol. The van der Waals surface area contributed by atoms with E-state index in [0.717, 1.165) is 11.3 Å². The third kappa shape index (κ3) is 6.79. The Hall–Kier alpha value is -2.04. The Morgan fingerprint density at radius 3 is 2.52 bits per heavy atom. The Labute approximate surface area is 126 Å². The van der Waals surface area contributed by atoms with E-state index in [4.69, 9.17) is 4.74 Å². The molecule has 0 fully saturated rings. The fraction of sp³-hybridized carbons (Fsp3) is 0.500. The van der Waals surface area contributed by atoms with Crippen LogP contribution >= 0.6 is 0 Å². The number of hydrogen-bond acceptors (Lipinski definition) is 3. The maximum Gasteiger partial charge on any atom is 0.239 e. The molecule has 0 unspecified atom stereocenters. The third-order valence-electron chi connectivity index (χ3n) is 2.81. The van der Waals surface area contributed by atoms with Gasteiger partial charge in [0.05, 0.1) is 19.6 Å². The molecule has 0 saturated heterocycles. The van der Waals surface area contributed by atoms with Crippen molar-refractivity contribution >= 4 is 11.8 Å². The number of benzene rings is 1. The molecule has 1 aromatic rings. The Bertz CT molecular complexity index is 498. The summed E-state index contributed by atoms with van der Waals surface area (Å²) in [6, 6.07) is 5.98. The molecule has 0 radical (unpaired) electrons. The number of aryl methyl sites for hydroxylation is 2. The van der Waals surface area contributed by atoms with Crippen molar-refractivity contribution in [3.8, 4) is 5.75 Å². The van der Waals surface area contributed by atoms with E-state index in [0.29, 0.717) is 6.61 Å². The largest absolute Gasteiger partial charge is 0.493 e. The normalized spacial score (nSPS) is 10.3. The van der Waals surface area contributed by atoms with Gasteiger partial charge in [0.1, 0.15) is 5.75 Å². The second-order valence-electron chi connectivity index (χ2n) is 5.37. The second kappa shape index (κ2) is 8.29. The van der Waals surface area contributed by atoms with E-state index < -0.39 is 0 Å². The summed E-state index contributed by atoms with van der Waals surface area (Å²) in [6.07, 6.45) is 0.224. The molecule has 1 rings (SSSR count). The minimum Gasteiger partial charge on any atom is -0.493 e. The highest BCUT2D eigenvalue weighted by molar-refractivity contribution is 5.84. The Kier molecular flexibility index (Phi) is 6.72. The fourth-order valence-electron chi connectivity index (χ4n) is 1.86. The number of hydrogen-bond donors (Lipinski definition) is 2. The smallest absolute Gasteiger partial charge is 0.239 e. The van der Waals surface area contributed by atoms with Crippen LogP contribution in [0.2, 0.25) is 0 Å². The molecule has 21 heavy (non-hydrogen) atoms. The first-order chi connectivity index (χ1) is 9.88. The molecule has 0 aliphatic heterocycles. The highest BCUT2D eigenvalue weighted by Crippen LogP contribution is 2.18. The predicted molar refractivity (Wildman–Crippen MR) is 82.3 cm³/mol. The van der Waals surface area contributed by atoms with Gasteiger partial charge in [-0.3, -0.25) is 9.59 Å². The predicted octanol–water partition coefficient (Wildman–Crippen LogP) is 1.71. The zero-order valence-corrected chi connectivity index (χ0v) is 13.2. The number of ether oxygens (including phenoxy) is 1. The lowest BCUT2D eigenvalue weighted by Gasteiger charge is -2.11. The number of rotatable bonds is 7. The van der Waals surface area contributed by atoms with Gasteiger partial charge in [-0.1, -0.05) is 17.7 Å². The average Bonchev–Trinajstić information content (AvgIpc) is 2.38. The van der Waals surface area contributed by atoms with Crippen LogP contribution in [0.4, 0.5) is 0 Å². The van der Waals surface area contributed by atoms with E-state index in [9.17, 15) is 9.59 Å². The number of amides is 2. The minimum absolute atomic E-state index is 0.000568. The zero-order chi connectivity index (χ0) is 15.8. The molecule has 0 heterocycles. The van der Waals surface area contributed by atoms with Crippen molar-refractivity contribution in [1.82, 2.24) is 10.6 Å². The molecule has 2 N–H and O–H groups in total. The first-order valence-electron chi connectivity index (χ1n) is 7.14. The van der Waals surface area contributed by atoms with E-state index in [2.05, 4.69) is 10.6 Å². The topological polar surface area (TPSA) is 67.4 Å². The standard InChI is InChI=1S/C16H24N2O3/c1-11(2)18-16(20)10-17-15(19)7-8-21-14-6-5-12(3)9-13(14)4/h5-6,9,11H,7-8,10H2,1-4H3,(H,17,19)(H,18,20). The first-order valence-corrected chi connectivity index (χ1v) is 7.14. The van der Waals surface area contributed by atoms with Gasteiger partial charge in [-0.25, -0.2) is 0 Å². The lowest BCUT2D eigenvalue weighted by Crippen LogP contribution is -2.40. The van der Waals surface area contributed by atoms with E-state index in [-0.39, 0.29) is 30.8 Å². The maximum atomic E-state index is 11.6. The second-order valence-corrected chi connectivity index (χ2v) is 5.37. The van der Waals surface area contributed by atoms with Crippen molar-refractivity contribution in [2.45, 2.75) is 40.2 Å². The van der Waals surface area contributed by atoms with Gasteiger partial charge in [0.25, 0.3) is 0 Å². The molecule has 0 bridgehead atoms. The maximum absolute atomic E-state index is 11.6. The van der Waals surface area contributed by atoms with E-state index in [1.165, 1.54) is 5.56 Å². The number of nitrogens with one attached hydrogen (secondary N) is 2. The van der Waals surface area contributed by atoms with E-state index >= 15 is 0 Å². The van der Waals surface area contributed by atoms with E-state index in [1.807, 2.05) is 45.9 Å².